The summed E-state index contributed by atoms with van der Waals surface area (Å²) in [5.74, 6) is 1.60. The molecule has 0 saturated carbocycles. The molecule has 47 heavy (non-hydrogen) atoms. The lowest BCUT2D eigenvalue weighted by Crippen LogP contribution is -2.41. The second kappa shape index (κ2) is 14.4. The van der Waals surface area contributed by atoms with Gasteiger partial charge >= 0.3 is 0 Å². The summed E-state index contributed by atoms with van der Waals surface area (Å²) in [7, 11) is 0. The maximum atomic E-state index is 13.0. The first-order valence-electron chi connectivity index (χ1n) is 16.1. The smallest absolute Gasteiger partial charge is 0.256 e. The SMILES string of the molecule is Cc1ccc(C(=O)N2CCC(Oc3ccc(COc4ccc(-c5cc(C)c(C(=O)Nc6ccccc6)c(C)c5)cc4)cc3)CC2)cc1. The highest BCUT2D eigenvalue weighted by molar-refractivity contribution is 6.06. The van der Waals surface area contributed by atoms with Gasteiger partial charge in [0.15, 0.2) is 0 Å². The number of ether oxygens (including phenoxy) is 2. The molecule has 2 amide bonds. The zero-order valence-electron chi connectivity index (χ0n) is 27.2. The Kier molecular flexibility index (Phi) is 9.67. The average Bonchev–Trinajstić information content (AvgIpc) is 3.09. The van der Waals surface area contributed by atoms with Gasteiger partial charge in [0.2, 0.25) is 0 Å². The van der Waals surface area contributed by atoms with Crippen LogP contribution in [0.25, 0.3) is 11.1 Å². The predicted molar refractivity (Wildman–Crippen MR) is 187 cm³/mol. The lowest BCUT2D eigenvalue weighted by Gasteiger charge is -2.32. The molecule has 0 radical (unpaired) electrons. The number of hydrogen-bond donors (Lipinski definition) is 1. The fourth-order valence-corrected chi connectivity index (χ4v) is 6.03. The lowest BCUT2D eigenvalue weighted by molar-refractivity contribution is 0.0595. The van der Waals surface area contributed by atoms with Gasteiger partial charge in [-0.15, -0.1) is 0 Å². The summed E-state index contributed by atoms with van der Waals surface area (Å²) in [6, 6.07) is 37.5. The number of anilines is 1. The minimum Gasteiger partial charge on any atom is -0.490 e. The van der Waals surface area contributed by atoms with E-state index in [9.17, 15) is 9.59 Å². The van der Waals surface area contributed by atoms with Crippen molar-refractivity contribution in [3.63, 3.8) is 0 Å². The van der Waals surface area contributed by atoms with E-state index in [1.807, 2.05) is 129 Å². The quantitative estimate of drug-likeness (QED) is 0.178. The maximum Gasteiger partial charge on any atom is 0.256 e. The van der Waals surface area contributed by atoms with Crippen LogP contribution in [0.1, 0.15) is 55.8 Å². The van der Waals surface area contributed by atoms with Crippen molar-refractivity contribution in [2.45, 2.75) is 46.3 Å². The summed E-state index contributed by atoms with van der Waals surface area (Å²) < 4.78 is 12.3. The Hall–Kier alpha value is -5.36. The Morgan fingerprint density at radius 2 is 1.34 bits per heavy atom. The van der Waals surface area contributed by atoms with Gasteiger partial charge in [-0.25, -0.2) is 0 Å². The summed E-state index contributed by atoms with van der Waals surface area (Å²) >= 11 is 0. The molecule has 6 heteroatoms. The highest BCUT2D eigenvalue weighted by Gasteiger charge is 2.24. The van der Waals surface area contributed by atoms with E-state index in [-0.39, 0.29) is 17.9 Å². The Morgan fingerprint density at radius 1 is 0.723 bits per heavy atom. The normalized spacial score (nSPS) is 13.2. The molecule has 1 N–H and O–H groups in total. The maximum absolute atomic E-state index is 13.0. The van der Waals surface area contributed by atoms with Gasteiger partial charge in [0.1, 0.15) is 24.2 Å². The number of nitrogens with zero attached hydrogens (tertiary/aromatic N) is 1. The molecule has 0 atom stereocenters. The van der Waals surface area contributed by atoms with Gasteiger partial charge in [-0.3, -0.25) is 9.59 Å². The van der Waals surface area contributed by atoms with Crippen LogP contribution in [0, 0.1) is 20.8 Å². The van der Waals surface area contributed by atoms with E-state index >= 15 is 0 Å². The first-order chi connectivity index (χ1) is 22.8. The number of hydrogen-bond acceptors (Lipinski definition) is 4. The van der Waals surface area contributed by atoms with Crippen molar-refractivity contribution in [3.8, 4) is 22.6 Å². The summed E-state index contributed by atoms with van der Waals surface area (Å²) in [4.78, 5) is 27.7. The molecule has 1 saturated heterocycles. The van der Waals surface area contributed by atoms with Gasteiger partial charge in [0.05, 0.1) is 0 Å². The molecule has 0 unspecified atom stereocenters. The average molecular weight is 625 g/mol. The molecule has 1 aliphatic heterocycles. The molecule has 1 fully saturated rings. The highest BCUT2D eigenvalue weighted by Crippen LogP contribution is 2.28. The molecule has 0 spiro atoms. The van der Waals surface area contributed by atoms with Gasteiger partial charge in [-0.05, 0) is 97.1 Å². The zero-order chi connectivity index (χ0) is 32.8. The van der Waals surface area contributed by atoms with Crippen LogP contribution in [0.2, 0.25) is 0 Å². The number of aryl methyl sites for hydroxylation is 3. The molecule has 0 bridgehead atoms. The number of para-hydroxylation sites is 1. The van der Waals surface area contributed by atoms with Crippen LogP contribution < -0.4 is 14.8 Å². The van der Waals surface area contributed by atoms with E-state index in [1.165, 1.54) is 0 Å². The van der Waals surface area contributed by atoms with Crippen LogP contribution in [-0.4, -0.2) is 35.9 Å². The number of nitrogens with one attached hydrogen (secondary N) is 1. The molecular weight excluding hydrogens is 584 g/mol. The van der Waals surface area contributed by atoms with Crippen molar-refractivity contribution in [3.05, 3.63) is 149 Å². The van der Waals surface area contributed by atoms with Crippen LogP contribution in [0.3, 0.4) is 0 Å². The van der Waals surface area contributed by atoms with Crippen molar-refractivity contribution in [2.75, 3.05) is 18.4 Å². The van der Waals surface area contributed by atoms with Crippen LogP contribution in [-0.2, 0) is 6.61 Å². The second-order valence-corrected chi connectivity index (χ2v) is 12.2. The number of carbonyl (C=O) groups is 2. The first-order valence-corrected chi connectivity index (χ1v) is 16.1. The number of likely N-dealkylation sites (tertiary alicyclic amines) is 1. The van der Waals surface area contributed by atoms with E-state index in [2.05, 4.69) is 17.4 Å². The molecule has 1 heterocycles. The van der Waals surface area contributed by atoms with E-state index in [4.69, 9.17) is 9.47 Å². The molecule has 6 rings (SSSR count). The number of carbonyl (C=O) groups excluding carboxylic acids is 2. The molecule has 0 aromatic heterocycles. The molecule has 5 aromatic rings. The Balaban J connectivity index is 0.984. The van der Waals surface area contributed by atoms with Crippen LogP contribution in [0.4, 0.5) is 5.69 Å². The minimum atomic E-state index is -0.103. The Bertz CT molecular complexity index is 1800. The Morgan fingerprint density at radius 3 is 1.98 bits per heavy atom. The topological polar surface area (TPSA) is 67.9 Å². The van der Waals surface area contributed by atoms with Crippen LogP contribution >= 0.6 is 0 Å². The van der Waals surface area contributed by atoms with Gasteiger partial charge in [-0.1, -0.05) is 72.3 Å². The standard InChI is InChI=1S/C41H40N2O4/c1-28-9-13-33(14-10-28)41(45)43-23-21-38(22-24-43)47-37-17-11-31(12-18-37)27-46-36-19-15-32(16-20-36)34-25-29(2)39(30(3)26-34)40(44)42-35-7-5-4-6-8-35/h4-20,25-26,38H,21-24,27H2,1-3H3,(H,42,44). The van der Waals surface area contributed by atoms with Crippen LogP contribution in [0.15, 0.2) is 115 Å². The summed E-state index contributed by atoms with van der Waals surface area (Å²) in [6.45, 7) is 7.81. The third-order valence-corrected chi connectivity index (χ3v) is 8.64. The molecular formula is C41H40N2O4. The van der Waals surface area contributed by atoms with Gasteiger partial charge in [0, 0.05) is 42.7 Å². The number of amides is 2. The summed E-state index contributed by atoms with van der Waals surface area (Å²) in [5.41, 5.74) is 8.40. The number of rotatable bonds is 9. The molecule has 6 nitrogen and oxygen atoms in total. The summed E-state index contributed by atoms with van der Waals surface area (Å²) in [6.07, 6.45) is 1.71. The Labute approximate surface area is 277 Å². The molecule has 0 aliphatic carbocycles. The number of piperidine rings is 1. The highest BCUT2D eigenvalue weighted by atomic mass is 16.5. The monoisotopic (exact) mass is 624 g/mol. The van der Waals surface area contributed by atoms with Crippen molar-refractivity contribution >= 4 is 17.5 Å². The largest absolute Gasteiger partial charge is 0.490 e. The second-order valence-electron chi connectivity index (χ2n) is 12.2. The third-order valence-electron chi connectivity index (χ3n) is 8.64. The van der Waals surface area contributed by atoms with E-state index in [0.717, 1.165) is 69.0 Å². The lowest BCUT2D eigenvalue weighted by atomic mass is 9.95. The third kappa shape index (κ3) is 7.90. The van der Waals surface area contributed by atoms with Gasteiger partial charge in [-0.2, -0.15) is 0 Å². The molecule has 238 valence electrons. The van der Waals surface area contributed by atoms with Gasteiger partial charge < -0.3 is 19.7 Å². The van der Waals surface area contributed by atoms with E-state index < -0.39 is 0 Å². The number of benzene rings is 5. The molecule has 5 aromatic carbocycles. The fraction of sp³-hybridized carbons (Fsp3) is 0.220. The van der Waals surface area contributed by atoms with Crippen LogP contribution in [0.5, 0.6) is 11.5 Å². The van der Waals surface area contributed by atoms with Gasteiger partial charge in [0.25, 0.3) is 11.8 Å². The first kappa shape index (κ1) is 31.6. The fourth-order valence-electron chi connectivity index (χ4n) is 6.03. The van der Waals surface area contributed by atoms with E-state index in [1.54, 1.807) is 0 Å². The predicted octanol–water partition coefficient (Wildman–Crippen LogP) is 8.79. The minimum absolute atomic E-state index is 0.0897. The zero-order valence-corrected chi connectivity index (χ0v) is 27.2. The van der Waals surface area contributed by atoms with Crippen molar-refractivity contribution in [1.82, 2.24) is 4.90 Å². The van der Waals surface area contributed by atoms with Crippen molar-refractivity contribution < 1.29 is 19.1 Å². The molecule has 1 aliphatic rings. The van der Waals surface area contributed by atoms with E-state index in [0.29, 0.717) is 25.3 Å². The van der Waals surface area contributed by atoms with Crippen molar-refractivity contribution in [1.29, 1.82) is 0 Å². The summed E-state index contributed by atoms with van der Waals surface area (Å²) in [5, 5.41) is 2.99. The van der Waals surface area contributed by atoms with Crippen molar-refractivity contribution in [2.24, 2.45) is 0 Å².